The number of aromatic nitrogens is 3. The van der Waals surface area contributed by atoms with Gasteiger partial charge in [-0.3, -0.25) is 9.48 Å². The molecule has 0 radical (unpaired) electrons. The van der Waals surface area contributed by atoms with Crippen LogP contribution in [0.4, 0.5) is 10.1 Å². The van der Waals surface area contributed by atoms with E-state index < -0.39 is 0 Å². The van der Waals surface area contributed by atoms with Gasteiger partial charge in [0.05, 0.1) is 34.3 Å². The lowest BCUT2D eigenvalue weighted by Gasteiger charge is -2.19. The molecule has 0 saturated carbocycles. The average Bonchev–Trinajstić information content (AvgIpc) is 3.25. The first-order valence-electron chi connectivity index (χ1n) is 10.2. The maximum absolute atomic E-state index is 13.7. The number of thiazole rings is 1. The maximum atomic E-state index is 13.7. The number of anilines is 1. The zero-order valence-corrected chi connectivity index (χ0v) is 18.7. The molecule has 162 valence electrons. The third kappa shape index (κ3) is 3.67. The van der Waals surface area contributed by atoms with Crippen LogP contribution < -0.4 is 10.1 Å². The molecule has 2 aromatic heterocycles. The Morgan fingerprint density at radius 1 is 1.09 bits per heavy atom. The maximum Gasteiger partial charge on any atom is 0.262 e. The van der Waals surface area contributed by atoms with Gasteiger partial charge in [-0.15, -0.1) is 11.3 Å². The lowest BCUT2D eigenvalue weighted by atomic mass is 9.98. The van der Waals surface area contributed by atoms with Crippen molar-refractivity contribution in [3.8, 4) is 28.1 Å². The highest BCUT2D eigenvalue weighted by molar-refractivity contribution is 7.11. The van der Waals surface area contributed by atoms with Crippen LogP contribution in [0.3, 0.4) is 0 Å². The second-order valence-electron chi connectivity index (χ2n) is 7.76. The minimum atomic E-state index is -0.291. The Morgan fingerprint density at radius 2 is 1.84 bits per heavy atom. The van der Waals surface area contributed by atoms with Crippen LogP contribution in [0.2, 0.25) is 0 Å². The Labute approximate surface area is 188 Å². The summed E-state index contributed by atoms with van der Waals surface area (Å²) in [6.45, 7) is 6.52. The van der Waals surface area contributed by atoms with Crippen molar-refractivity contribution >= 4 is 22.9 Å². The summed E-state index contributed by atoms with van der Waals surface area (Å²) in [5.74, 6) is 0.162. The SMILES string of the molecule is Cc1nc(C)c(Cn2nc(C)c(-c3ccc4c(c3)NC(=O)CO4)c2-c2ccc(F)cc2)s1. The normalized spacial score (nSPS) is 12.9. The predicted molar refractivity (Wildman–Crippen MR) is 123 cm³/mol. The molecule has 5 rings (SSSR count). The van der Waals surface area contributed by atoms with Crippen molar-refractivity contribution in [2.45, 2.75) is 27.3 Å². The van der Waals surface area contributed by atoms with Crippen LogP contribution in [-0.2, 0) is 11.3 Å². The molecule has 0 saturated heterocycles. The zero-order valence-electron chi connectivity index (χ0n) is 17.9. The van der Waals surface area contributed by atoms with Crippen LogP contribution in [0.15, 0.2) is 42.5 Å². The summed E-state index contributed by atoms with van der Waals surface area (Å²) in [7, 11) is 0. The molecule has 3 heterocycles. The smallest absolute Gasteiger partial charge is 0.262 e. The van der Waals surface area contributed by atoms with Gasteiger partial charge in [-0.25, -0.2) is 9.37 Å². The quantitative estimate of drug-likeness (QED) is 0.471. The molecule has 0 fully saturated rings. The number of hydrogen-bond donors (Lipinski definition) is 1. The highest BCUT2D eigenvalue weighted by Gasteiger charge is 2.23. The van der Waals surface area contributed by atoms with Crippen molar-refractivity contribution in [1.82, 2.24) is 14.8 Å². The van der Waals surface area contributed by atoms with E-state index >= 15 is 0 Å². The molecule has 2 aromatic carbocycles. The second kappa shape index (κ2) is 7.87. The van der Waals surface area contributed by atoms with E-state index in [1.54, 1.807) is 23.5 Å². The molecule has 6 nitrogen and oxygen atoms in total. The molecule has 0 atom stereocenters. The number of benzene rings is 2. The van der Waals surface area contributed by atoms with E-state index in [9.17, 15) is 9.18 Å². The van der Waals surface area contributed by atoms with Crippen molar-refractivity contribution in [2.24, 2.45) is 0 Å². The number of fused-ring (bicyclic) bond motifs is 1. The number of amides is 1. The van der Waals surface area contributed by atoms with Crippen molar-refractivity contribution in [2.75, 3.05) is 11.9 Å². The van der Waals surface area contributed by atoms with Crippen LogP contribution >= 0.6 is 11.3 Å². The fourth-order valence-corrected chi connectivity index (χ4v) is 4.96. The molecule has 0 bridgehead atoms. The third-order valence-corrected chi connectivity index (χ3v) is 6.50. The lowest BCUT2D eigenvalue weighted by Crippen LogP contribution is -2.25. The van der Waals surface area contributed by atoms with Crippen molar-refractivity contribution in [1.29, 1.82) is 0 Å². The first kappa shape index (κ1) is 20.4. The highest BCUT2D eigenvalue weighted by atomic mass is 32.1. The molecule has 1 N–H and O–H groups in total. The Morgan fingerprint density at radius 3 is 2.56 bits per heavy atom. The summed E-state index contributed by atoms with van der Waals surface area (Å²) in [4.78, 5) is 17.5. The number of carbonyl (C=O) groups is 1. The fourth-order valence-electron chi connectivity index (χ4n) is 4.04. The number of nitrogens with one attached hydrogen (secondary N) is 1. The summed E-state index contributed by atoms with van der Waals surface area (Å²) in [6, 6.07) is 12.1. The summed E-state index contributed by atoms with van der Waals surface area (Å²) in [6.07, 6.45) is 0. The lowest BCUT2D eigenvalue weighted by molar-refractivity contribution is -0.118. The van der Waals surface area contributed by atoms with E-state index in [4.69, 9.17) is 9.84 Å². The number of ether oxygens (including phenoxy) is 1. The topological polar surface area (TPSA) is 69.0 Å². The standard InChI is InChI=1S/C24H21FN4O2S/c1-13-21(32-15(3)26-13)11-29-24(16-4-7-18(25)8-5-16)23(14(2)28-29)17-6-9-20-19(10-17)27-22(30)12-31-20/h4-10H,11-12H2,1-3H3,(H,27,30). The molecule has 0 unspecified atom stereocenters. The molecule has 1 aliphatic rings. The third-order valence-electron chi connectivity index (χ3n) is 5.44. The van der Waals surface area contributed by atoms with Crippen molar-refractivity contribution < 1.29 is 13.9 Å². The first-order valence-corrected chi connectivity index (χ1v) is 11.0. The molecule has 32 heavy (non-hydrogen) atoms. The molecular formula is C24H21FN4O2S. The van der Waals surface area contributed by atoms with E-state index in [0.29, 0.717) is 18.0 Å². The Bertz CT molecular complexity index is 1340. The van der Waals surface area contributed by atoms with Gasteiger partial charge in [-0.1, -0.05) is 6.07 Å². The summed E-state index contributed by atoms with van der Waals surface area (Å²) in [5, 5.41) is 8.72. The monoisotopic (exact) mass is 448 g/mol. The Balaban J connectivity index is 1.68. The van der Waals surface area contributed by atoms with Gasteiger partial charge >= 0.3 is 0 Å². The van der Waals surface area contributed by atoms with E-state index in [2.05, 4.69) is 10.3 Å². The zero-order chi connectivity index (χ0) is 22.4. The van der Waals surface area contributed by atoms with Gasteiger partial charge in [0, 0.05) is 16.0 Å². The summed E-state index contributed by atoms with van der Waals surface area (Å²) < 4.78 is 21.1. The Kier molecular flexibility index (Phi) is 5.01. The number of aryl methyl sites for hydroxylation is 3. The van der Waals surface area contributed by atoms with Gasteiger partial charge in [0.15, 0.2) is 6.61 Å². The predicted octanol–water partition coefficient (Wildman–Crippen LogP) is 5.12. The van der Waals surface area contributed by atoms with E-state index in [0.717, 1.165) is 43.7 Å². The van der Waals surface area contributed by atoms with E-state index in [1.165, 1.54) is 12.1 Å². The number of carbonyl (C=O) groups excluding carboxylic acids is 1. The first-order chi connectivity index (χ1) is 15.4. The van der Waals surface area contributed by atoms with Crippen LogP contribution in [0.5, 0.6) is 5.75 Å². The number of nitrogens with zero attached hydrogens (tertiary/aromatic N) is 3. The minimum absolute atomic E-state index is 0.0117. The second-order valence-corrected chi connectivity index (χ2v) is 9.05. The molecule has 8 heteroatoms. The van der Waals surface area contributed by atoms with Crippen LogP contribution in [0.25, 0.3) is 22.4 Å². The van der Waals surface area contributed by atoms with Crippen molar-refractivity contribution in [3.05, 3.63) is 69.6 Å². The largest absolute Gasteiger partial charge is 0.482 e. The summed E-state index contributed by atoms with van der Waals surface area (Å²) in [5.41, 5.74) is 6.03. The number of hydrogen-bond acceptors (Lipinski definition) is 5. The number of rotatable bonds is 4. The van der Waals surface area contributed by atoms with Crippen LogP contribution in [-0.4, -0.2) is 27.3 Å². The van der Waals surface area contributed by atoms with Gasteiger partial charge in [0.25, 0.3) is 5.91 Å². The van der Waals surface area contributed by atoms with Crippen LogP contribution in [0.1, 0.15) is 21.3 Å². The highest BCUT2D eigenvalue weighted by Crippen LogP contribution is 2.39. The van der Waals surface area contributed by atoms with Gasteiger partial charge < -0.3 is 10.1 Å². The Hall–Kier alpha value is -3.52. The molecular weight excluding hydrogens is 427 g/mol. The van der Waals surface area contributed by atoms with E-state index in [1.807, 2.05) is 43.7 Å². The van der Waals surface area contributed by atoms with Crippen molar-refractivity contribution in [3.63, 3.8) is 0 Å². The molecule has 1 aliphatic heterocycles. The van der Waals surface area contributed by atoms with Gasteiger partial charge in [0.1, 0.15) is 11.6 Å². The van der Waals surface area contributed by atoms with Gasteiger partial charge in [-0.2, -0.15) is 5.10 Å². The number of halogens is 1. The minimum Gasteiger partial charge on any atom is -0.482 e. The fraction of sp³-hybridized carbons (Fsp3) is 0.208. The molecule has 0 aliphatic carbocycles. The summed E-state index contributed by atoms with van der Waals surface area (Å²) >= 11 is 1.65. The molecule has 0 spiro atoms. The van der Waals surface area contributed by atoms with E-state index in [-0.39, 0.29) is 18.3 Å². The molecule has 1 amide bonds. The van der Waals surface area contributed by atoms with Gasteiger partial charge in [-0.05, 0) is 62.7 Å². The average molecular weight is 449 g/mol. The molecule has 4 aromatic rings. The van der Waals surface area contributed by atoms with Crippen LogP contribution in [0, 0.1) is 26.6 Å². The van der Waals surface area contributed by atoms with Gasteiger partial charge in [0.2, 0.25) is 0 Å².